The molecule has 1 fully saturated rings. The minimum absolute atomic E-state index is 0.531. The molecule has 0 spiro atoms. The van der Waals surface area contributed by atoms with Gasteiger partial charge in [-0.15, -0.1) is 0 Å². The first-order chi connectivity index (χ1) is 8.26. The number of anilines is 1. The molecule has 3 nitrogen and oxygen atoms in total. The number of benzene rings is 1. The van der Waals surface area contributed by atoms with Crippen LogP contribution in [-0.4, -0.2) is 26.2 Å². The number of likely N-dealkylation sites (N-methyl/N-ethyl adjacent to an activating group) is 1. The molecule has 2 rings (SSSR count). The van der Waals surface area contributed by atoms with Gasteiger partial charge >= 0.3 is 0 Å². The normalized spacial score (nSPS) is 19.4. The average molecular weight is 250 g/mol. The maximum Gasteiger partial charge on any atom is 0.101 e. The smallest absolute Gasteiger partial charge is 0.101 e. The highest BCUT2D eigenvalue weighted by Gasteiger charge is 2.24. The third-order valence-corrected chi connectivity index (χ3v) is 3.53. The molecular weight excluding hydrogens is 234 g/mol. The zero-order valence-electron chi connectivity index (χ0n) is 9.91. The van der Waals surface area contributed by atoms with Gasteiger partial charge in [0.1, 0.15) is 6.07 Å². The van der Waals surface area contributed by atoms with Crippen LogP contribution in [0.15, 0.2) is 18.2 Å². The third kappa shape index (κ3) is 2.54. The molecule has 1 saturated heterocycles. The fraction of sp³-hybridized carbons (Fsp3) is 0.462. The summed E-state index contributed by atoms with van der Waals surface area (Å²) in [6.07, 6.45) is 2.42. The van der Waals surface area contributed by atoms with Crippen molar-refractivity contribution in [1.29, 1.82) is 5.26 Å². The predicted octanol–water partition coefficient (Wildman–Crippen LogP) is 2.40. The summed E-state index contributed by atoms with van der Waals surface area (Å²) in [6.45, 7) is 2.05. The van der Waals surface area contributed by atoms with E-state index in [9.17, 15) is 0 Å². The molecule has 0 saturated carbocycles. The Kier molecular flexibility index (Phi) is 3.88. The Morgan fingerprint density at radius 3 is 3.06 bits per heavy atom. The SMILES string of the molecule is CNCC1CCCN1c1ccc(C#N)c(Cl)c1. The molecule has 17 heavy (non-hydrogen) atoms. The molecule has 0 amide bonds. The lowest BCUT2D eigenvalue weighted by atomic mass is 10.1. The molecule has 1 aromatic rings. The van der Waals surface area contributed by atoms with Crippen LogP contribution in [0, 0.1) is 11.3 Å². The summed E-state index contributed by atoms with van der Waals surface area (Å²) in [5, 5.41) is 12.6. The minimum Gasteiger partial charge on any atom is -0.367 e. The number of nitriles is 1. The van der Waals surface area contributed by atoms with Gasteiger partial charge in [-0.3, -0.25) is 0 Å². The van der Waals surface area contributed by atoms with Crippen molar-refractivity contribution in [2.24, 2.45) is 0 Å². The van der Waals surface area contributed by atoms with Crippen LogP contribution < -0.4 is 10.2 Å². The van der Waals surface area contributed by atoms with Crippen molar-refractivity contribution in [3.05, 3.63) is 28.8 Å². The summed E-state index contributed by atoms with van der Waals surface area (Å²) in [5.74, 6) is 0. The first kappa shape index (κ1) is 12.2. The molecular formula is C13H16ClN3. The summed E-state index contributed by atoms with van der Waals surface area (Å²) in [6, 6.07) is 8.30. The average Bonchev–Trinajstić information content (AvgIpc) is 2.78. The highest BCUT2D eigenvalue weighted by molar-refractivity contribution is 6.32. The summed E-state index contributed by atoms with van der Waals surface area (Å²) >= 11 is 6.07. The second-order valence-corrected chi connectivity index (χ2v) is 4.73. The standard InChI is InChI=1S/C13H16ClN3/c1-16-9-12-3-2-6-17(12)11-5-4-10(8-15)13(14)7-11/h4-5,7,12,16H,2-3,6,9H2,1H3. The quantitative estimate of drug-likeness (QED) is 0.894. The predicted molar refractivity (Wildman–Crippen MR) is 70.5 cm³/mol. The molecule has 1 unspecified atom stereocenters. The van der Waals surface area contributed by atoms with E-state index in [2.05, 4.69) is 16.3 Å². The molecule has 1 aliphatic heterocycles. The lowest BCUT2D eigenvalue weighted by Gasteiger charge is -2.27. The second-order valence-electron chi connectivity index (χ2n) is 4.32. The highest BCUT2D eigenvalue weighted by atomic mass is 35.5. The topological polar surface area (TPSA) is 39.1 Å². The Morgan fingerprint density at radius 2 is 2.41 bits per heavy atom. The van der Waals surface area contributed by atoms with E-state index in [1.54, 1.807) is 6.07 Å². The molecule has 0 bridgehead atoms. The number of hydrogen-bond donors (Lipinski definition) is 1. The number of halogens is 1. The largest absolute Gasteiger partial charge is 0.367 e. The van der Waals surface area contributed by atoms with Crippen molar-refractivity contribution in [3.8, 4) is 6.07 Å². The molecule has 1 heterocycles. The summed E-state index contributed by atoms with van der Waals surface area (Å²) < 4.78 is 0. The molecule has 0 radical (unpaired) electrons. The van der Waals surface area contributed by atoms with Gasteiger partial charge in [-0.25, -0.2) is 0 Å². The number of hydrogen-bond acceptors (Lipinski definition) is 3. The van der Waals surface area contributed by atoms with Crippen molar-refractivity contribution < 1.29 is 0 Å². The van der Waals surface area contributed by atoms with Gasteiger partial charge in [0, 0.05) is 24.8 Å². The van der Waals surface area contributed by atoms with Gasteiger partial charge in [0.25, 0.3) is 0 Å². The van der Waals surface area contributed by atoms with Crippen molar-refractivity contribution >= 4 is 17.3 Å². The first-order valence-corrected chi connectivity index (χ1v) is 6.25. The van der Waals surface area contributed by atoms with Gasteiger partial charge in [0.05, 0.1) is 10.6 Å². The van der Waals surface area contributed by atoms with E-state index in [-0.39, 0.29) is 0 Å². The fourth-order valence-corrected chi connectivity index (χ4v) is 2.61. The van der Waals surface area contributed by atoms with Gasteiger partial charge in [-0.2, -0.15) is 5.26 Å². The van der Waals surface area contributed by atoms with Gasteiger partial charge in [0.2, 0.25) is 0 Å². The van der Waals surface area contributed by atoms with Gasteiger partial charge in [-0.05, 0) is 38.1 Å². The van der Waals surface area contributed by atoms with Crippen LogP contribution in [0.4, 0.5) is 5.69 Å². The Balaban J connectivity index is 2.22. The van der Waals surface area contributed by atoms with Crippen LogP contribution in [0.3, 0.4) is 0 Å². The third-order valence-electron chi connectivity index (χ3n) is 3.22. The molecule has 1 atom stereocenters. The summed E-state index contributed by atoms with van der Waals surface area (Å²) in [5.41, 5.74) is 1.66. The fourth-order valence-electron chi connectivity index (χ4n) is 2.40. The minimum atomic E-state index is 0.531. The molecule has 1 aromatic carbocycles. The van der Waals surface area contributed by atoms with E-state index in [4.69, 9.17) is 16.9 Å². The number of nitrogens with one attached hydrogen (secondary N) is 1. The van der Waals surface area contributed by atoms with E-state index in [0.717, 1.165) is 18.8 Å². The van der Waals surface area contributed by atoms with Crippen LogP contribution in [0.2, 0.25) is 5.02 Å². The maximum atomic E-state index is 8.85. The van der Waals surface area contributed by atoms with Crippen molar-refractivity contribution in [1.82, 2.24) is 5.32 Å². The molecule has 1 aliphatic rings. The van der Waals surface area contributed by atoms with Crippen LogP contribution in [-0.2, 0) is 0 Å². The number of nitrogens with zero attached hydrogens (tertiary/aromatic N) is 2. The van der Waals surface area contributed by atoms with E-state index in [1.165, 1.54) is 12.8 Å². The zero-order chi connectivity index (χ0) is 12.3. The molecule has 0 aromatic heterocycles. The Morgan fingerprint density at radius 1 is 1.59 bits per heavy atom. The monoisotopic (exact) mass is 249 g/mol. The Labute approximate surface area is 107 Å². The van der Waals surface area contributed by atoms with Crippen LogP contribution >= 0.6 is 11.6 Å². The van der Waals surface area contributed by atoms with E-state index in [0.29, 0.717) is 16.6 Å². The molecule has 0 aliphatic carbocycles. The Bertz CT molecular complexity index is 439. The molecule has 90 valence electrons. The van der Waals surface area contributed by atoms with Crippen molar-refractivity contribution in [3.63, 3.8) is 0 Å². The van der Waals surface area contributed by atoms with Crippen LogP contribution in [0.1, 0.15) is 18.4 Å². The molecule has 4 heteroatoms. The first-order valence-electron chi connectivity index (χ1n) is 5.87. The van der Waals surface area contributed by atoms with Crippen LogP contribution in [0.25, 0.3) is 0 Å². The van der Waals surface area contributed by atoms with E-state index < -0.39 is 0 Å². The van der Waals surface area contributed by atoms with E-state index in [1.807, 2.05) is 19.2 Å². The highest BCUT2D eigenvalue weighted by Crippen LogP contribution is 2.28. The lowest BCUT2D eigenvalue weighted by Crippen LogP contribution is -2.36. The molecule has 1 N–H and O–H groups in total. The van der Waals surface area contributed by atoms with Gasteiger partial charge in [-0.1, -0.05) is 11.6 Å². The zero-order valence-corrected chi connectivity index (χ0v) is 10.7. The van der Waals surface area contributed by atoms with Crippen molar-refractivity contribution in [2.45, 2.75) is 18.9 Å². The maximum absolute atomic E-state index is 8.85. The summed E-state index contributed by atoms with van der Waals surface area (Å²) in [7, 11) is 1.97. The number of rotatable bonds is 3. The second kappa shape index (κ2) is 5.39. The Hall–Kier alpha value is -1.24. The van der Waals surface area contributed by atoms with Gasteiger partial charge in [0.15, 0.2) is 0 Å². The lowest BCUT2D eigenvalue weighted by molar-refractivity contribution is 0.615. The van der Waals surface area contributed by atoms with Crippen LogP contribution in [0.5, 0.6) is 0 Å². The summed E-state index contributed by atoms with van der Waals surface area (Å²) in [4.78, 5) is 2.36. The van der Waals surface area contributed by atoms with Gasteiger partial charge < -0.3 is 10.2 Å². The van der Waals surface area contributed by atoms with E-state index >= 15 is 0 Å². The van der Waals surface area contributed by atoms with Crippen molar-refractivity contribution in [2.75, 3.05) is 25.0 Å².